The summed E-state index contributed by atoms with van der Waals surface area (Å²) in [7, 11) is -2.90. The third-order valence-electron chi connectivity index (χ3n) is 3.79. The van der Waals surface area contributed by atoms with Crippen molar-refractivity contribution in [2.45, 2.75) is 10.9 Å². The van der Waals surface area contributed by atoms with E-state index in [4.69, 9.17) is 0 Å². The minimum absolute atomic E-state index is 0.00202. The second-order valence-corrected chi connectivity index (χ2v) is 7.23. The zero-order chi connectivity index (χ0) is 18.9. The van der Waals surface area contributed by atoms with Crippen molar-refractivity contribution >= 4 is 10.0 Å². The molecule has 9 heteroatoms. The Labute approximate surface area is 148 Å². The van der Waals surface area contributed by atoms with Gasteiger partial charge in [-0.1, -0.05) is 18.2 Å². The van der Waals surface area contributed by atoms with Crippen LogP contribution in [-0.2, 0) is 17.1 Å². The molecule has 2 aromatic carbocycles. The van der Waals surface area contributed by atoms with Gasteiger partial charge in [0, 0.05) is 25.0 Å². The average Bonchev–Trinajstić information content (AvgIpc) is 3.01. The van der Waals surface area contributed by atoms with Gasteiger partial charge >= 0.3 is 0 Å². The number of hydrogen-bond acceptors (Lipinski definition) is 3. The smallest absolute Gasteiger partial charge is 0.244 e. The first kappa shape index (κ1) is 18.2. The van der Waals surface area contributed by atoms with E-state index in [1.54, 1.807) is 13.2 Å². The fraction of sp³-hybridized carbons (Fsp3) is 0.118. The Morgan fingerprint density at radius 2 is 1.81 bits per heavy atom. The molecule has 3 rings (SSSR count). The average molecular weight is 381 g/mol. The number of sulfonamides is 1. The Balaban J connectivity index is 2.11. The zero-order valence-corrected chi connectivity index (χ0v) is 14.3. The highest BCUT2D eigenvalue weighted by Gasteiger charge is 2.29. The van der Waals surface area contributed by atoms with Crippen LogP contribution < -0.4 is 4.72 Å². The van der Waals surface area contributed by atoms with Crippen LogP contribution in [0.2, 0.25) is 0 Å². The lowest BCUT2D eigenvalue weighted by Crippen LogP contribution is -2.32. The van der Waals surface area contributed by atoms with Crippen molar-refractivity contribution in [3.05, 3.63) is 83.7 Å². The second-order valence-electron chi connectivity index (χ2n) is 5.55. The Bertz CT molecular complexity index is 1050. The van der Waals surface area contributed by atoms with Crippen LogP contribution in [-0.4, -0.2) is 18.0 Å². The molecule has 26 heavy (non-hydrogen) atoms. The highest BCUT2D eigenvalue weighted by Crippen LogP contribution is 2.26. The number of hydrogen-bond donors (Lipinski definition) is 1. The van der Waals surface area contributed by atoms with E-state index in [0.29, 0.717) is 12.1 Å². The Morgan fingerprint density at radius 3 is 2.46 bits per heavy atom. The van der Waals surface area contributed by atoms with Crippen LogP contribution in [0, 0.1) is 17.5 Å². The van der Waals surface area contributed by atoms with E-state index in [0.717, 1.165) is 6.07 Å². The lowest BCUT2D eigenvalue weighted by Gasteiger charge is -2.20. The number of nitrogens with zero attached hydrogens (tertiary/aromatic N) is 2. The summed E-state index contributed by atoms with van der Waals surface area (Å²) in [5.41, 5.74) is 0.00202. The van der Waals surface area contributed by atoms with E-state index in [2.05, 4.69) is 9.71 Å². The number of aryl methyl sites for hydroxylation is 1. The van der Waals surface area contributed by atoms with Gasteiger partial charge in [-0.25, -0.2) is 26.6 Å². The molecule has 5 nitrogen and oxygen atoms in total. The molecule has 1 heterocycles. The summed E-state index contributed by atoms with van der Waals surface area (Å²) < 4.78 is 70.6. The molecule has 0 saturated heterocycles. The summed E-state index contributed by atoms with van der Waals surface area (Å²) in [4.78, 5) is 3.19. The fourth-order valence-corrected chi connectivity index (χ4v) is 3.78. The molecule has 0 radical (unpaired) electrons. The quantitative estimate of drug-likeness (QED) is 0.739. The van der Waals surface area contributed by atoms with Gasteiger partial charge in [0.1, 0.15) is 34.2 Å². The van der Waals surface area contributed by atoms with Crippen LogP contribution in [0.3, 0.4) is 0 Å². The molecular weight excluding hydrogens is 367 g/mol. The lowest BCUT2D eigenvalue weighted by molar-refractivity contribution is 0.528. The van der Waals surface area contributed by atoms with Gasteiger partial charge in [0.25, 0.3) is 0 Å². The van der Waals surface area contributed by atoms with Gasteiger partial charge in [0.2, 0.25) is 10.0 Å². The molecule has 0 spiro atoms. The van der Waals surface area contributed by atoms with Crippen molar-refractivity contribution in [1.82, 2.24) is 14.3 Å². The van der Waals surface area contributed by atoms with Crippen molar-refractivity contribution < 1.29 is 21.6 Å². The van der Waals surface area contributed by atoms with E-state index in [1.807, 2.05) is 0 Å². The largest absolute Gasteiger partial charge is 0.336 e. The van der Waals surface area contributed by atoms with Crippen LogP contribution >= 0.6 is 0 Å². The molecule has 0 fully saturated rings. The van der Waals surface area contributed by atoms with E-state index in [9.17, 15) is 21.6 Å². The topological polar surface area (TPSA) is 64.0 Å². The van der Waals surface area contributed by atoms with Gasteiger partial charge in [-0.3, -0.25) is 0 Å². The summed E-state index contributed by atoms with van der Waals surface area (Å²) in [6.07, 6.45) is 2.97. The minimum atomic E-state index is -4.51. The summed E-state index contributed by atoms with van der Waals surface area (Å²) in [5.74, 6) is -2.50. The van der Waals surface area contributed by atoms with Gasteiger partial charge in [0.05, 0.1) is 0 Å². The van der Waals surface area contributed by atoms with Gasteiger partial charge in [-0.15, -0.1) is 0 Å². The fourth-order valence-electron chi connectivity index (χ4n) is 2.52. The number of benzene rings is 2. The lowest BCUT2D eigenvalue weighted by atomic mass is 10.1. The van der Waals surface area contributed by atoms with Crippen LogP contribution in [0.5, 0.6) is 0 Å². The maximum atomic E-state index is 14.3. The SMILES string of the molecule is Cn1ccnc1C(NS(=O)(=O)c1cc(F)ccc1F)c1ccccc1F. The third kappa shape index (κ3) is 3.49. The molecule has 0 bridgehead atoms. The maximum Gasteiger partial charge on any atom is 0.244 e. The highest BCUT2D eigenvalue weighted by atomic mass is 32.2. The molecule has 0 saturated carbocycles. The normalized spacial score (nSPS) is 12.9. The first-order valence-electron chi connectivity index (χ1n) is 7.48. The van der Waals surface area contributed by atoms with Crippen molar-refractivity contribution in [2.24, 2.45) is 7.05 Å². The van der Waals surface area contributed by atoms with Crippen LogP contribution in [0.15, 0.2) is 59.8 Å². The molecule has 0 aliphatic carbocycles. The van der Waals surface area contributed by atoms with Crippen molar-refractivity contribution in [3.63, 3.8) is 0 Å². The minimum Gasteiger partial charge on any atom is -0.336 e. The monoisotopic (exact) mass is 381 g/mol. The number of aromatic nitrogens is 2. The Morgan fingerprint density at radius 1 is 1.08 bits per heavy atom. The Hall–Kier alpha value is -2.65. The summed E-state index contributed by atoms with van der Waals surface area (Å²) in [6, 6.07) is 6.39. The molecule has 1 aromatic heterocycles. The van der Waals surface area contributed by atoms with Gasteiger partial charge in [-0.2, -0.15) is 4.72 Å². The molecule has 1 N–H and O–H groups in total. The standard InChI is InChI=1S/C17H14F3N3O2S/c1-23-9-8-21-17(23)16(12-4-2-3-5-13(12)19)22-26(24,25)15-10-11(18)6-7-14(15)20/h2-10,16,22H,1H3. The van der Waals surface area contributed by atoms with Crippen molar-refractivity contribution in [3.8, 4) is 0 Å². The van der Waals surface area contributed by atoms with Crippen molar-refractivity contribution in [1.29, 1.82) is 0 Å². The van der Waals surface area contributed by atoms with Crippen LogP contribution in [0.1, 0.15) is 17.4 Å². The molecule has 0 aliphatic rings. The predicted molar refractivity (Wildman–Crippen MR) is 88.1 cm³/mol. The predicted octanol–water partition coefficient (Wildman–Crippen LogP) is 2.91. The van der Waals surface area contributed by atoms with Gasteiger partial charge in [0.15, 0.2) is 0 Å². The van der Waals surface area contributed by atoms with Crippen molar-refractivity contribution in [2.75, 3.05) is 0 Å². The zero-order valence-electron chi connectivity index (χ0n) is 13.5. The second kappa shape index (κ2) is 6.93. The molecule has 3 aromatic rings. The van der Waals surface area contributed by atoms with Gasteiger partial charge in [-0.05, 0) is 24.3 Å². The third-order valence-corrected chi connectivity index (χ3v) is 5.23. The molecule has 136 valence electrons. The van der Waals surface area contributed by atoms with Gasteiger partial charge < -0.3 is 4.57 Å². The molecular formula is C17H14F3N3O2S. The van der Waals surface area contributed by atoms with E-state index in [1.165, 1.54) is 35.0 Å². The summed E-state index contributed by atoms with van der Waals surface area (Å²) >= 11 is 0. The first-order valence-corrected chi connectivity index (χ1v) is 8.97. The van der Waals surface area contributed by atoms with E-state index < -0.39 is 38.4 Å². The number of nitrogens with one attached hydrogen (secondary N) is 1. The molecule has 1 unspecified atom stereocenters. The maximum absolute atomic E-state index is 14.3. The summed E-state index contributed by atoms with van der Waals surface area (Å²) in [6.45, 7) is 0. The number of rotatable bonds is 5. The number of halogens is 3. The number of imidazole rings is 1. The van der Waals surface area contributed by atoms with Crippen LogP contribution in [0.4, 0.5) is 13.2 Å². The first-order chi connectivity index (χ1) is 12.3. The molecule has 0 amide bonds. The highest BCUT2D eigenvalue weighted by molar-refractivity contribution is 7.89. The molecule has 0 aliphatic heterocycles. The van der Waals surface area contributed by atoms with Crippen LogP contribution in [0.25, 0.3) is 0 Å². The molecule has 1 atom stereocenters. The van der Waals surface area contributed by atoms with E-state index >= 15 is 0 Å². The van der Waals surface area contributed by atoms with E-state index in [-0.39, 0.29) is 11.4 Å². The summed E-state index contributed by atoms with van der Waals surface area (Å²) in [5, 5.41) is 0. The Kier molecular flexibility index (Phi) is 4.84.